The first kappa shape index (κ1) is 22.1. The van der Waals surface area contributed by atoms with E-state index in [4.69, 9.17) is 14.2 Å². The molecule has 0 radical (unpaired) electrons. The van der Waals surface area contributed by atoms with Crippen molar-refractivity contribution in [3.63, 3.8) is 0 Å². The number of hydrogen-bond donors (Lipinski definition) is 1. The van der Waals surface area contributed by atoms with Gasteiger partial charge in [-0.2, -0.15) is 0 Å². The molecule has 4 rings (SSSR count). The molecule has 0 unspecified atom stereocenters. The van der Waals surface area contributed by atoms with Gasteiger partial charge in [0.1, 0.15) is 18.5 Å². The molecule has 1 N–H and O–H groups in total. The van der Waals surface area contributed by atoms with E-state index in [9.17, 15) is 9.59 Å². The Bertz CT molecular complexity index is 958. The Morgan fingerprint density at radius 3 is 2.62 bits per heavy atom. The highest BCUT2D eigenvalue weighted by Crippen LogP contribution is 2.42. The maximum atomic E-state index is 12.7. The van der Waals surface area contributed by atoms with Crippen molar-refractivity contribution in [2.24, 2.45) is 5.92 Å². The molecule has 0 aliphatic carbocycles. The van der Waals surface area contributed by atoms with Crippen LogP contribution in [-0.4, -0.2) is 37.4 Å². The topological polar surface area (TPSA) is 77.1 Å². The van der Waals surface area contributed by atoms with Crippen LogP contribution in [0.25, 0.3) is 0 Å². The number of carbonyl (C=O) groups excluding carboxylic acids is 2. The molecule has 2 aromatic carbocycles. The van der Waals surface area contributed by atoms with E-state index in [0.29, 0.717) is 19.0 Å². The van der Waals surface area contributed by atoms with Crippen molar-refractivity contribution < 1.29 is 23.8 Å². The van der Waals surface area contributed by atoms with E-state index >= 15 is 0 Å². The van der Waals surface area contributed by atoms with E-state index in [-0.39, 0.29) is 36.6 Å². The van der Waals surface area contributed by atoms with Gasteiger partial charge >= 0.3 is 6.09 Å². The van der Waals surface area contributed by atoms with Crippen molar-refractivity contribution in [1.82, 2.24) is 5.32 Å². The molecule has 1 fully saturated rings. The Labute approximate surface area is 188 Å². The molecule has 7 nitrogen and oxygen atoms in total. The number of benzene rings is 2. The Balaban J connectivity index is 1.57. The average Bonchev–Trinajstić information content (AvgIpc) is 3.29. The molecular weight excluding hydrogens is 408 g/mol. The molecule has 2 amide bonds. The van der Waals surface area contributed by atoms with Gasteiger partial charge in [-0.1, -0.05) is 37.3 Å². The molecule has 0 spiro atoms. The third-order valence-electron chi connectivity index (χ3n) is 6.30. The lowest BCUT2D eigenvalue weighted by molar-refractivity contribution is -0.117. The van der Waals surface area contributed by atoms with Crippen molar-refractivity contribution in [1.29, 1.82) is 0 Å². The SMILES string of the molecule is CC(=O)N1c2ccc(O[C@@H]3CCOC3)cc2[C@H](NC(=O)OCc2ccccc2)[C@@H](C)[C@@H]1C. The highest BCUT2D eigenvalue weighted by Gasteiger charge is 2.39. The van der Waals surface area contributed by atoms with E-state index in [1.54, 1.807) is 11.8 Å². The fraction of sp³-hybridized carbons (Fsp3) is 0.440. The minimum atomic E-state index is -0.490. The third kappa shape index (κ3) is 4.72. The number of hydrogen-bond acceptors (Lipinski definition) is 5. The summed E-state index contributed by atoms with van der Waals surface area (Å²) in [5.74, 6) is 0.642. The third-order valence-corrected chi connectivity index (χ3v) is 6.30. The Hall–Kier alpha value is -3.06. The first-order valence-electron chi connectivity index (χ1n) is 11.1. The van der Waals surface area contributed by atoms with E-state index in [0.717, 1.165) is 23.2 Å². The van der Waals surface area contributed by atoms with Gasteiger partial charge in [0.15, 0.2) is 0 Å². The zero-order chi connectivity index (χ0) is 22.7. The number of nitrogens with one attached hydrogen (secondary N) is 1. The molecule has 1 saturated heterocycles. The first-order chi connectivity index (χ1) is 15.4. The molecule has 32 heavy (non-hydrogen) atoms. The van der Waals surface area contributed by atoms with Crippen LogP contribution >= 0.6 is 0 Å². The zero-order valence-corrected chi connectivity index (χ0v) is 18.7. The van der Waals surface area contributed by atoms with Gasteiger partial charge in [0, 0.05) is 36.6 Å². The maximum absolute atomic E-state index is 12.7. The van der Waals surface area contributed by atoms with Crippen LogP contribution in [-0.2, 0) is 20.9 Å². The molecule has 2 aromatic rings. The average molecular weight is 439 g/mol. The lowest BCUT2D eigenvalue weighted by Crippen LogP contribution is -2.50. The lowest BCUT2D eigenvalue weighted by atomic mass is 9.82. The summed E-state index contributed by atoms with van der Waals surface area (Å²) < 4.78 is 17.0. The van der Waals surface area contributed by atoms with Gasteiger partial charge in [0.2, 0.25) is 5.91 Å². The number of nitrogens with zero attached hydrogens (tertiary/aromatic N) is 1. The summed E-state index contributed by atoms with van der Waals surface area (Å²) in [6.07, 6.45) is 0.368. The van der Waals surface area contributed by atoms with Gasteiger partial charge in [0.05, 0.1) is 19.3 Å². The molecular formula is C25H30N2O5. The summed E-state index contributed by atoms with van der Waals surface area (Å²) in [6, 6.07) is 14.9. The minimum Gasteiger partial charge on any atom is -0.488 e. The second-order valence-electron chi connectivity index (χ2n) is 8.50. The number of anilines is 1. The number of alkyl carbamates (subject to hydrolysis) is 1. The van der Waals surface area contributed by atoms with Gasteiger partial charge in [-0.25, -0.2) is 4.79 Å². The van der Waals surface area contributed by atoms with E-state index in [1.165, 1.54) is 0 Å². The molecule has 7 heteroatoms. The summed E-state index contributed by atoms with van der Waals surface area (Å²) in [7, 11) is 0. The number of ether oxygens (including phenoxy) is 3. The quantitative estimate of drug-likeness (QED) is 0.757. The largest absolute Gasteiger partial charge is 0.488 e. The molecule has 4 atom stereocenters. The highest BCUT2D eigenvalue weighted by atomic mass is 16.6. The predicted molar refractivity (Wildman–Crippen MR) is 121 cm³/mol. The molecule has 2 heterocycles. The fourth-order valence-corrected chi connectivity index (χ4v) is 4.45. The summed E-state index contributed by atoms with van der Waals surface area (Å²) in [4.78, 5) is 26.9. The first-order valence-corrected chi connectivity index (χ1v) is 11.1. The molecule has 0 saturated carbocycles. The molecule has 170 valence electrons. The fourth-order valence-electron chi connectivity index (χ4n) is 4.45. The van der Waals surface area contributed by atoms with Gasteiger partial charge in [0.25, 0.3) is 0 Å². The summed E-state index contributed by atoms with van der Waals surface area (Å²) in [5, 5.41) is 3.03. The van der Waals surface area contributed by atoms with Gasteiger partial charge < -0.3 is 24.4 Å². The summed E-state index contributed by atoms with van der Waals surface area (Å²) in [6.45, 7) is 7.05. The second kappa shape index (κ2) is 9.61. The molecule has 2 aliphatic rings. The van der Waals surface area contributed by atoms with Crippen LogP contribution in [0.5, 0.6) is 5.75 Å². The van der Waals surface area contributed by atoms with Crippen LogP contribution < -0.4 is 15.0 Å². The maximum Gasteiger partial charge on any atom is 0.407 e. The number of amides is 2. The standard InChI is InChI=1S/C25H30N2O5/c1-16-17(2)27(18(3)28)23-10-9-20(32-21-11-12-30-15-21)13-22(23)24(16)26-25(29)31-14-19-7-5-4-6-8-19/h4-10,13,16-17,21,24H,11-12,14-15H2,1-3H3,(H,26,29)/t16-,17-,21+,24+/m0/s1. The van der Waals surface area contributed by atoms with Crippen molar-refractivity contribution in [3.8, 4) is 5.75 Å². The minimum absolute atomic E-state index is 0.0131. The molecule has 0 bridgehead atoms. The number of carbonyl (C=O) groups is 2. The normalized spacial score (nSPS) is 24.5. The van der Waals surface area contributed by atoms with Gasteiger partial charge in [-0.05, 0) is 30.7 Å². The van der Waals surface area contributed by atoms with Crippen molar-refractivity contribution in [2.45, 2.75) is 52.0 Å². The monoisotopic (exact) mass is 438 g/mol. The Morgan fingerprint density at radius 1 is 1.16 bits per heavy atom. The van der Waals surface area contributed by atoms with Gasteiger partial charge in [-0.3, -0.25) is 4.79 Å². The van der Waals surface area contributed by atoms with Crippen LogP contribution in [0, 0.1) is 5.92 Å². The van der Waals surface area contributed by atoms with Crippen molar-refractivity contribution >= 4 is 17.7 Å². The van der Waals surface area contributed by atoms with E-state index < -0.39 is 6.09 Å². The lowest BCUT2D eigenvalue weighted by Gasteiger charge is -2.43. The number of rotatable bonds is 5. The van der Waals surface area contributed by atoms with Crippen LogP contribution in [0.3, 0.4) is 0 Å². The Morgan fingerprint density at radius 2 is 1.94 bits per heavy atom. The Kier molecular flexibility index (Phi) is 6.65. The van der Waals surface area contributed by atoms with Crippen molar-refractivity contribution in [3.05, 3.63) is 59.7 Å². The predicted octanol–water partition coefficient (Wildman–Crippen LogP) is 4.21. The van der Waals surface area contributed by atoms with Crippen LogP contribution in [0.15, 0.2) is 48.5 Å². The smallest absolute Gasteiger partial charge is 0.407 e. The van der Waals surface area contributed by atoms with E-state index in [1.807, 2.05) is 62.4 Å². The van der Waals surface area contributed by atoms with Crippen LogP contribution in [0.2, 0.25) is 0 Å². The molecule has 2 aliphatic heterocycles. The van der Waals surface area contributed by atoms with Gasteiger partial charge in [-0.15, -0.1) is 0 Å². The van der Waals surface area contributed by atoms with Crippen LogP contribution in [0.1, 0.15) is 44.4 Å². The number of fused-ring (bicyclic) bond motifs is 1. The van der Waals surface area contributed by atoms with Crippen LogP contribution in [0.4, 0.5) is 10.5 Å². The highest BCUT2D eigenvalue weighted by molar-refractivity contribution is 5.94. The van der Waals surface area contributed by atoms with E-state index in [2.05, 4.69) is 5.32 Å². The summed E-state index contributed by atoms with van der Waals surface area (Å²) in [5.41, 5.74) is 2.55. The van der Waals surface area contributed by atoms with Crippen molar-refractivity contribution in [2.75, 3.05) is 18.1 Å². The molecule has 0 aromatic heterocycles. The second-order valence-corrected chi connectivity index (χ2v) is 8.50. The summed E-state index contributed by atoms with van der Waals surface area (Å²) >= 11 is 0. The zero-order valence-electron chi connectivity index (χ0n) is 18.7.